The number of fused-ring (bicyclic) bond motifs is 3. The topological polar surface area (TPSA) is 45.4 Å². The van der Waals surface area contributed by atoms with Gasteiger partial charge in [0.15, 0.2) is 0 Å². The van der Waals surface area contributed by atoms with E-state index in [-0.39, 0.29) is 0 Å². The Hall–Kier alpha value is -3.34. The van der Waals surface area contributed by atoms with Crippen LogP contribution in [0.2, 0.25) is 0 Å². The highest BCUT2D eigenvalue weighted by Gasteiger charge is 2.20. The molecule has 4 aromatic carbocycles. The van der Waals surface area contributed by atoms with Gasteiger partial charge in [-0.05, 0) is 29.3 Å². The number of hydrogen-bond donors (Lipinski definition) is 2. The second kappa shape index (κ2) is 6.68. The predicted octanol–water partition coefficient (Wildman–Crippen LogP) is 4.13. The second-order valence-electron chi connectivity index (χ2n) is 6.88. The molecular weight excluding hydrogens is 345 g/mol. The Balaban J connectivity index is 1.89. The molecule has 0 radical (unpaired) electrons. The van der Waals surface area contributed by atoms with Crippen LogP contribution in [0.25, 0.3) is 38.6 Å². The summed E-state index contributed by atoms with van der Waals surface area (Å²) < 4.78 is 2.12. The molecule has 0 bridgehead atoms. The molecule has 5 rings (SSSR count). The zero-order chi connectivity index (χ0) is 19.1. The molecule has 134 valence electrons. The monoisotopic (exact) mass is 363 g/mol. The first kappa shape index (κ1) is 16.8. The van der Waals surface area contributed by atoms with E-state index in [1.54, 1.807) is 6.07 Å². The summed E-state index contributed by atoms with van der Waals surface area (Å²) in [5, 5.41) is 22.1. The van der Waals surface area contributed by atoms with Crippen molar-refractivity contribution in [2.24, 2.45) is 0 Å². The van der Waals surface area contributed by atoms with Crippen LogP contribution in [-0.4, -0.2) is 21.7 Å². The number of rotatable bonds is 3. The van der Waals surface area contributed by atoms with E-state index in [1.807, 2.05) is 48.5 Å². The Kier molecular flexibility index (Phi) is 4.01. The molecule has 4 heteroatoms. The van der Waals surface area contributed by atoms with Gasteiger partial charge in [-0.1, -0.05) is 78.9 Å². The molecule has 0 aliphatic carbocycles. The minimum absolute atomic E-state index is 0.482. The highest BCUT2D eigenvalue weighted by Crippen LogP contribution is 2.34. The maximum atomic E-state index is 9.92. The third-order valence-corrected chi connectivity index (χ3v) is 5.24. The number of benzene rings is 4. The van der Waals surface area contributed by atoms with Crippen LogP contribution >= 0.6 is 0 Å². The van der Waals surface area contributed by atoms with Crippen molar-refractivity contribution in [3.63, 3.8) is 0 Å². The molecule has 0 amide bonds. The summed E-state index contributed by atoms with van der Waals surface area (Å²) >= 11 is 0. The van der Waals surface area contributed by atoms with Crippen LogP contribution in [0.5, 0.6) is 0 Å². The fraction of sp³-hybridized carbons (Fsp3) is 0. The zero-order valence-electron chi connectivity index (χ0n) is 15.2. The van der Waals surface area contributed by atoms with Gasteiger partial charge in [0.1, 0.15) is 0 Å². The molecule has 0 aliphatic rings. The highest BCUT2D eigenvalue weighted by molar-refractivity contribution is 6.60. The molecule has 0 spiro atoms. The van der Waals surface area contributed by atoms with Crippen LogP contribution in [0.1, 0.15) is 0 Å². The van der Waals surface area contributed by atoms with Crippen molar-refractivity contribution >= 4 is 34.4 Å². The summed E-state index contributed by atoms with van der Waals surface area (Å²) in [7, 11) is -1.54. The number of aromatic nitrogens is 1. The van der Waals surface area contributed by atoms with Gasteiger partial charge in [-0.15, -0.1) is 0 Å². The third kappa shape index (κ3) is 2.62. The lowest BCUT2D eigenvalue weighted by Crippen LogP contribution is -2.33. The SMILES string of the molecule is OB(O)c1ccccc1-n1c2ccccc2c2ccc(-c3ccccc3)cc21. The van der Waals surface area contributed by atoms with Crippen molar-refractivity contribution in [2.45, 2.75) is 0 Å². The summed E-state index contributed by atoms with van der Waals surface area (Å²) in [5.74, 6) is 0. The minimum atomic E-state index is -1.54. The lowest BCUT2D eigenvalue weighted by Gasteiger charge is -2.13. The Labute approximate surface area is 163 Å². The first-order chi connectivity index (χ1) is 13.7. The largest absolute Gasteiger partial charge is 0.490 e. The Morgan fingerprint density at radius 2 is 1.25 bits per heavy atom. The number of hydrogen-bond acceptors (Lipinski definition) is 2. The average Bonchev–Trinajstić information content (AvgIpc) is 3.08. The summed E-state index contributed by atoms with van der Waals surface area (Å²) in [4.78, 5) is 0. The van der Waals surface area contributed by atoms with Gasteiger partial charge in [-0.3, -0.25) is 0 Å². The van der Waals surface area contributed by atoms with E-state index in [9.17, 15) is 10.0 Å². The second-order valence-corrected chi connectivity index (χ2v) is 6.88. The first-order valence-electron chi connectivity index (χ1n) is 9.28. The first-order valence-corrected chi connectivity index (χ1v) is 9.28. The molecule has 0 aliphatic heterocycles. The van der Waals surface area contributed by atoms with Crippen LogP contribution in [0.3, 0.4) is 0 Å². The normalized spacial score (nSPS) is 11.2. The smallest absolute Gasteiger partial charge is 0.423 e. The maximum Gasteiger partial charge on any atom is 0.490 e. The summed E-state index contributed by atoms with van der Waals surface area (Å²) in [5.41, 5.74) is 5.60. The molecule has 1 heterocycles. The van der Waals surface area contributed by atoms with E-state index in [2.05, 4.69) is 47.0 Å². The summed E-state index contributed by atoms with van der Waals surface area (Å²) in [6.45, 7) is 0. The van der Waals surface area contributed by atoms with Crippen molar-refractivity contribution in [1.82, 2.24) is 4.57 Å². The fourth-order valence-electron chi connectivity index (χ4n) is 3.95. The van der Waals surface area contributed by atoms with Gasteiger partial charge < -0.3 is 14.6 Å². The molecule has 0 saturated carbocycles. The lowest BCUT2D eigenvalue weighted by atomic mass is 9.79. The van der Waals surface area contributed by atoms with Gasteiger partial charge in [-0.2, -0.15) is 0 Å². The van der Waals surface area contributed by atoms with E-state index in [1.165, 1.54) is 0 Å². The van der Waals surface area contributed by atoms with E-state index in [0.717, 1.165) is 38.6 Å². The minimum Gasteiger partial charge on any atom is -0.423 e. The van der Waals surface area contributed by atoms with E-state index >= 15 is 0 Å². The van der Waals surface area contributed by atoms with Gasteiger partial charge in [-0.25, -0.2) is 0 Å². The molecule has 0 atom stereocenters. The van der Waals surface area contributed by atoms with Gasteiger partial charge >= 0.3 is 7.12 Å². The van der Waals surface area contributed by atoms with Gasteiger partial charge in [0.05, 0.1) is 11.0 Å². The average molecular weight is 363 g/mol. The van der Waals surface area contributed by atoms with Gasteiger partial charge in [0, 0.05) is 21.9 Å². The molecule has 0 fully saturated rings. The molecule has 0 unspecified atom stereocenters. The van der Waals surface area contributed by atoms with Crippen molar-refractivity contribution in [1.29, 1.82) is 0 Å². The van der Waals surface area contributed by atoms with E-state index in [4.69, 9.17) is 0 Å². The summed E-state index contributed by atoms with van der Waals surface area (Å²) in [6.07, 6.45) is 0. The molecule has 1 aromatic heterocycles. The van der Waals surface area contributed by atoms with Crippen molar-refractivity contribution in [2.75, 3.05) is 0 Å². The van der Waals surface area contributed by atoms with Crippen LogP contribution < -0.4 is 5.46 Å². The molecule has 2 N–H and O–H groups in total. The van der Waals surface area contributed by atoms with Crippen LogP contribution in [-0.2, 0) is 0 Å². The maximum absolute atomic E-state index is 9.92. The standard InChI is InChI=1S/C24H18BNO2/c27-25(28)21-11-5-7-13-23(21)26-22-12-6-4-10-19(22)20-15-14-18(16-24(20)26)17-8-2-1-3-9-17/h1-16,27-28H. The van der Waals surface area contributed by atoms with Crippen LogP contribution in [0, 0.1) is 0 Å². The van der Waals surface area contributed by atoms with Crippen LogP contribution in [0.4, 0.5) is 0 Å². The highest BCUT2D eigenvalue weighted by atomic mass is 16.4. The van der Waals surface area contributed by atoms with E-state index in [0.29, 0.717) is 5.46 Å². The Bertz CT molecular complexity index is 1290. The fourth-order valence-corrected chi connectivity index (χ4v) is 3.95. The van der Waals surface area contributed by atoms with Crippen molar-refractivity contribution in [3.05, 3.63) is 97.1 Å². The predicted molar refractivity (Wildman–Crippen MR) is 116 cm³/mol. The van der Waals surface area contributed by atoms with Gasteiger partial charge in [0.25, 0.3) is 0 Å². The molecule has 0 saturated heterocycles. The Morgan fingerprint density at radius 3 is 2.07 bits per heavy atom. The van der Waals surface area contributed by atoms with E-state index < -0.39 is 7.12 Å². The Morgan fingerprint density at radius 1 is 0.571 bits per heavy atom. The molecule has 28 heavy (non-hydrogen) atoms. The van der Waals surface area contributed by atoms with Crippen LogP contribution in [0.15, 0.2) is 97.1 Å². The summed E-state index contributed by atoms with van der Waals surface area (Å²) in [6, 6.07) is 32.4. The molecule has 3 nitrogen and oxygen atoms in total. The zero-order valence-corrected chi connectivity index (χ0v) is 15.2. The van der Waals surface area contributed by atoms with Gasteiger partial charge in [0.2, 0.25) is 0 Å². The molecule has 5 aromatic rings. The number of para-hydroxylation sites is 2. The van der Waals surface area contributed by atoms with Crippen molar-refractivity contribution < 1.29 is 10.0 Å². The third-order valence-electron chi connectivity index (χ3n) is 5.24. The lowest BCUT2D eigenvalue weighted by molar-refractivity contribution is 0.425. The number of nitrogens with zero attached hydrogens (tertiary/aromatic N) is 1. The molecular formula is C24H18BNO2. The van der Waals surface area contributed by atoms with Crippen molar-refractivity contribution in [3.8, 4) is 16.8 Å². The quantitative estimate of drug-likeness (QED) is 0.474.